The summed E-state index contributed by atoms with van der Waals surface area (Å²) in [5.41, 5.74) is 0.709. The van der Waals surface area contributed by atoms with E-state index in [1.165, 1.54) is 18.2 Å². The summed E-state index contributed by atoms with van der Waals surface area (Å²) in [6, 6.07) is 9.12. The van der Waals surface area contributed by atoms with E-state index in [2.05, 4.69) is 10.2 Å². The number of nitrogens with zero attached hydrogens (tertiary/aromatic N) is 4. The first-order valence-corrected chi connectivity index (χ1v) is 10.8. The lowest BCUT2D eigenvalue weighted by atomic mass is 10.1. The number of carbonyl (C=O) groups excluding carboxylic acids is 1. The molecule has 8 nitrogen and oxygen atoms in total. The van der Waals surface area contributed by atoms with E-state index in [0.29, 0.717) is 39.7 Å². The van der Waals surface area contributed by atoms with Gasteiger partial charge in [0.15, 0.2) is 10.9 Å². The molecule has 158 valence electrons. The molecule has 1 saturated heterocycles. The van der Waals surface area contributed by atoms with Crippen LogP contribution in [0, 0.1) is 0 Å². The van der Waals surface area contributed by atoms with Crippen LogP contribution >= 0.6 is 11.8 Å². The molecule has 0 unspecified atom stereocenters. The fourth-order valence-corrected chi connectivity index (χ4v) is 4.33. The Morgan fingerprint density at radius 3 is 2.67 bits per heavy atom. The van der Waals surface area contributed by atoms with Crippen LogP contribution in [0.25, 0.3) is 17.3 Å². The second-order valence-electron chi connectivity index (χ2n) is 6.89. The van der Waals surface area contributed by atoms with Crippen LogP contribution in [-0.4, -0.2) is 58.6 Å². The van der Waals surface area contributed by atoms with Crippen LogP contribution in [0.1, 0.15) is 19.3 Å². The number of likely N-dealkylation sites (tertiary alicyclic amines) is 1. The number of piperidine rings is 1. The Kier molecular flexibility index (Phi) is 6.27. The van der Waals surface area contributed by atoms with Crippen molar-refractivity contribution in [2.45, 2.75) is 24.4 Å². The van der Waals surface area contributed by atoms with E-state index in [4.69, 9.17) is 13.9 Å². The Morgan fingerprint density at radius 1 is 1.13 bits per heavy atom. The zero-order valence-electron chi connectivity index (χ0n) is 17.0. The lowest BCUT2D eigenvalue weighted by Crippen LogP contribution is -2.36. The summed E-state index contributed by atoms with van der Waals surface area (Å²) in [4.78, 5) is 14.6. The van der Waals surface area contributed by atoms with Gasteiger partial charge < -0.3 is 18.8 Å². The molecule has 0 radical (unpaired) electrons. The van der Waals surface area contributed by atoms with Crippen LogP contribution < -0.4 is 9.47 Å². The summed E-state index contributed by atoms with van der Waals surface area (Å²) in [5.74, 6) is 2.81. The van der Waals surface area contributed by atoms with Crippen molar-refractivity contribution in [2.75, 3.05) is 33.1 Å². The number of ether oxygens (including phenoxy) is 2. The fourth-order valence-electron chi connectivity index (χ4n) is 3.48. The van der Waals surface area contributed by atoms with Gasteiger partial charge in [-0.3, -0.25) is 9.36 Å². The van der Waals surface area contributed by atoms with Gasteiger partial charge in [-0.2, -0.15) is 0 Å². The smallest absolute Gasteiger partial charge is 0.233 e. The summed E-state index contributed by atoms with van der Waals surface area (Å²) in [6.07, 6.45) is 4.91. The molecule has 3 heterocycles. The maximum atomic E-state index is 12.7. The van der Waals surface area contributed by atoms with Gasteiger partial charge >= 0.3 is 0 Å². The quantitative estimate of drug-likeness (QED) is 0.531. The maximum Gasteiger partial charge on any atom is 0.233 e. The molecule has 1 aliphatic rings. The molecular weight excluding hydrogens is 404 g/mol. The lowest BCUT2D eigenvalue weighted by Gasteiger charge is -2.26. The largest absolute Gasteiger partial charge is 0.497 e. The summed E-state index contributed by atoms with van der Waals surface area (Å²) < 4.78 is 18.4. The van der Waals surface area contributed by atoms with Crippen molar-refractivity contribution in [3.05, 3.63) is 36.6 Å². The van der Waals surface area contributed by atoms with Crippen LogP contribution in [0.3, 0.4) is 0 Å². The van der Waals surface area contributed by atoms with E-state index in [1.807, 2.05) is 33.7 Å². The van der Waals surface area contributed by atoms with Crippen molar-refractivity contribution < 1.29 is 18.7 Å². The fraction of sp³-hybridized carbons (Fsp3) is 0.381. The van der Waals surface area contributed by atoms with Crippen LogP contribution in [0.2, 0.25) is 0 Å². The Balaban J connectivity index is 1.69. The van der Waals surface area contributed by atoms with Gasteiger partial charge in [-0.25, -0.2) is 0 Å². The number of hydrogen-bond donors (Lipinski definition) is 0. The van der Waals surface area contributed by atoms with E-state index in [1.54, 1.807) is 26.5 Å². The molecule has 1 amide bonds. The molecule has 2 aromatic heterocycles. The van der Waals surface area contributed by atoms with E-state index in [9.17, 15) is 4.79 Å². The molecule has 9 heteroatoms. The zero-order valence-corrected chi connectivity index (χ0v) is 17.9. The van der Waals surface area contributed by atoms with E-state index in [-0.39, 0.29) is 5.91 Å². The predicted octanol–water partition coefficient (Wildman–Crippen LogP) is 3.65. The molecule has 3 aromatic rings. The minimum Gasteiger partial charge on any atom is -0.497 e. The Morgan fingerprint density at radius 2 is 1.97 bits per heavy atom. The van der Waals surface area contributed by atoms with Crippen molar-refractivity contribution in [1.82, 2.24) is 19.7 Å². The average molecular weight is 429 g/mol. The Bertz CT molecular complexity index is 997. The van der Waals surface area contributed by atoms with Crippen molar-refractivity contribution in [3.63, 3.8) is 0 Å². The molecule has 0 N–H and O–H groups in total. The molecule has 1 aliphatic heterocycles. The van der Waals surface area contributed by atoms with Crippen LogP contribution in [0.5, 0.6) is 11.5 Å². The summed E-state index contributed by atoms with van der Waals surface area (Å²) in [6.45, 7) is 1.65. The van der Waals surface area contributed by atoms with Crippen LogP contribution in [0.4, 0.5) is 0 Å². The number of aromatic nitrogens is 3. The maximum absolute atomic E-state index is 12.7. The molecule has 4 rings (SSSR count). The highest BCUT2D eigenvalue weighted by Crippen LogP contribution is 2.35. The van der Waals surface area contributed by atoms with E-state index in [0.717, 1.165) is 25.9 Å². The van der Waals surface area contributed by atoms with Crippen molar-refractivity contribution in [2.24, 2.45) is 0 Å². The minimum absolute atomic E-state index is 0.117. The highest BCUT2D eigenvalue weighted by molar-refractivity contribution is 7.99. The Labute approximate surface area is 179 Å². The molecule has 0 saturated carbocycles. The lowest BCUT2D eigenvalue weighted by molar-refractivity contribution is -0.129. The van der Waals surface area contributed by atoms with Gasteiger partial charge in [-0.05, 0) is 43.5 Å². The summed E-state index contributed by atoms with van der Waals surface area (Å²) in [5, 5.41) is 9.26. The third kappa shape index (κ3) is 4.16. The van der Waals surface area contributed by atoms with Crippen molar-refractivity contribution in [3.8, 4) is 28.8 Å². The first-order chi connectivity index (χ1) is 14.7. The van der Waals surface area contributed by atoms with Crippen molar-refractivity contribution in [1.29, 1.82) is 0 Å². The van der Waals surface area contributed by atoms with Gasteiger partial charge in [0.25, 0.3) is 0 Å². The first-order valence-electron chi connectivity index (χ1n) is 9.83. The monoisotopic (exact) mass is 428 g/mol. The predicted molar refractivity (Wildman–Crippen MR) is 113 cm³/mol. The van der Waals surface area contributed by atoms with Gasteiger partial charge in [0.05, 0.1) is 31.9 Å². The third-order valence-corrected chi connectivity index (χ3v) is 5.95. The van der Waals surface area contributed by atoms with Gasteiger partial charge in [0.1, 0.15) is 11.5 Å². The molecule has 0 aliphatic carbocycles. The number of methoxy groups -OCH3 is 2. The Hall–Kier alpha value is -2.94. The number of carbonyl (C=O) groups is 1. The van der Waals surface area contributed by atoms with E-state index >= 15 is 0 Å². The number of amides is 1. The molecule has 0 spiro atoms. The topological polar surface area (TPSA) is 82.6 Å². The molecule has 0 atom stereocenters. The molecule has 0 bridgehead atoms. The highest BCUT2D eigenvalue weighted by atomic mass is 32.2. The number of hydrogen-bond acceptors (Lipinski definition) is 7. The summed E-state index contributed by atoms with van der Waals surface area (Å²) in [7, 11) is 3.22. The molecule has 1 fully saturated rings. The van der Waals surface area contributed by atoms with Crippen LogP contribution in [-0.2, 0) is 4.79 Å². The van der Waals surface area contributed by atoms with Gasteiger partial charge in [-0.1, -0.05) is 11.8 Å². The standard InChI is InChI=1S/C21H24N4O4S/c1-27-15-8-9-17(28-2)16(13-15)25-20(18-7-6-12-29-18)22-23-21(25)30-14-19(26)24-10-4-3-5-11-24/h6-9,12-13H,3-5,10-11,14H2,1-2H3. The average Bonchev–Trinajstić information content (AvgIpc) is 3.47. The minimum atomic E-state index is 0.117. The number of furan rings is 1. The number of thioether (sulfide) groups is 1. The molecule has 1 aromatic carbocycles. The van der Waals surface area contributed by atoms with Gasteiger partial charge in [0, 0.05) is 19.2 Å². The summed E-state index contributed by atoms with van der Waals surface area (Å²) >= 11 is 1.35. The third-order valence-electron chi connectivity index (χ3n) is 5.04. The number of benzene rings is 1. The molecular formula is C21H24N4O4S. The second kappa shape index (κ2) is 9.25. The number of rotatable bonds is 7. The first kappa shape index (κ1) is 20.3. The van der Waals surface area contributed by atoms with Gasteiger partial charge in [0.2, 0.25) is 11.7 Å². The van der Waals surface area contributed by atoms with Gasteiger partial charge in [-0.15, -0.1) is 10.2 Å². The molecule has 30 heavy (non-hydrogen) atoms. The highest BCUT2D eigenvalue weighted by Gasteiger charge is 2.23. The zero-order chi connectivity index (χ0) is 20.9. The van der Waals surface area contributed by atoms with E-state index < -0.39 is 0 Å². The van der Waals surface area contributed by atoms with Crippen LogP contribution in [0.15, 0.2) is 46.2 Å². The second-order valence-corrected chi connectivity index (χ2v) is 7.83. The van der Waals surface area contributed by atoms with Crippen molar-refractivity contribution >= 4 is 17.7 Å². The normalized spacial score (nSPS) is 14.0. The SMILES string of the molecule is COc1ccc(OC)c(-n2c(SCC(=O)N3CCCCC3)nnc2-c2ccco2)c1.